The minimum Gasteiger partial charge on any atom is -0.311 e. The molecule has 4 aliphatic rings. The van der Waals surface area contributed by atoms with Crippen molar-refractivity contribution in [3.05, 3.63) is 240 Å². The molecule has 4 bridgehead atoms. The monoisotopic (exact) mass is 857 g/mol. The molecule has 4 fully saturated rings. The minimum atomic E-state index is 0.245. The summed E-state index contributed by atoms with van der Waals surface area (Å²) in [5.74, 6) is 1.65. The van der Waals surface area contributed by atoms with E-state index in [0.717, 1.165) is 57.3 Å². The Kier molecular flexibility index (Phi) is 10.5. The Hall–Kier alpha value is -7.10. The van der Waals surface area contributed by atoms with Gasteiger partial charge in [-0.1, -0.05) is 120 Å². The Bertz CT molecular complexity index is 2910. The van der Waals surface area contributed by atoms with E-state index in [1.165, 1.54) is 76.7 Å². The zero-order valence-electron chi connectivity index (χ0n) is 38.8. The third kappa shape index (κ3) is 7.61. The molecule has 8 aromatic carbocycles. The maximum Gasteiger partial charge on any atom is 0.0463 e. The SMILES string of the molecule is C=Cc1ccc(C23CC4CC(c5ccc(N(c6ccc(C)cc6)c6ccc(N(c7ccc(C)cc7)c7ccc(N(c8ccc(C)cc8)c8ccc(C)cc8)cc7)cc6)cc5)(CC4C2)C3)cc1. The molecule has 66 heavy (non-hydrogen) atoms. The number of anilines is 9. The molecule has 0 saturated heterocycles. The van der Waals surface area contributed by atoms with Crippen LogP contribution < -0.4 is 14.7 Å². The first-order valence-electron chi connectivity index (χ1n) is 23.9. The number of rotatable bonds is 12. The fraction of sp³-hybridized carbons (Fsp3) is 0.206. The van der Waals surface area contributed by atoms with Gasteiger partial charge in [0.2, 0.25) is 0 Å². The molecule has 0 aromatic heterocycles. The lowest BCUT2D eigenvalue weighted by molar-refractivity contribution is 0.189. The second kappa shape index (κ2) is 16.7. The predicted octanol–water partition coefficient (Wildman–Crippen LogP) is 17.4. The van der Waals surface area contributed by atoms with Crippen molar-refractivity contribution in [1.29, 1.82) is 0 Å². The molecule has 0 aliphatic heterocycles. The van der Waals surface area contributed by atoms with E-state index in [4.69, 9.17) is 0 Å². The summed E-state index contributed by atoms with van der Waals surface area (Å²) in [6, 6.07) is 72.5. The van der Waals surface area contributed by atoms with Crippen LogP contribution in [0.25, 0.3) is 6.08 Å². The van der Waals surface area contributed by atoms with Crippen LogP contribution in [-0.4, -0.2) is 0 Å². The van der Waals surface area contributed by atoms with Crippen LogP contribution in [0.2, 0.25) is 0 Å². The number of hydrogen-bond donors (Lipinski definition) is 0. The number of nitrogens with zero attached hydrogens (tertiary/aromatic N) is 3. The molecule has 3 heteroatoms. The van der Waals surface area contributed by atoms with Gasteiger partial charge in [0.05, 0.1) is 0 Å². The number of aryl methyl sites for hydroxylation is 4. The summed E-state index contributed by atoms with van der Waals surface area (Å²) in [6.07, 6.45) is 8.54. The molecular formula is C63H59N3. The predicted molar refractivity (Wildman–Crippen MR) is 279 cm³/mol. The van der Waals surface area contributed by atoms with Gasteiger partial charge in [-0.2, -0.15) is 0 Å². The van der Waals surface area contributed by atoms with E-state index in [-0.39, 0.29) is 10.8 Å². The molecule has 12 rings (SSSR count). The first-order chi connectivity index (χ1) is 32.2. The maximum absolute atomic E-state index is 4.00. The summed E-state index contributed by atoms with van der Waals surface area (Å²) < 4.78 is 0. The lowest BCUT2D eigenvalue weighted by Gasteiger charge is -2.47. The van der Waals surface area contributed by atoms with Crippen LogP contribution in [0.1, 0.15) is 71.0 Å². The van der Waals surface area contributed by atoms with Gasteiger partial charge in [0.25, 0.3) is 0 Å². The molecule has 326 valence electrons. The van der Waals surface area contributed by atoms with Crippen molar-refractivity contribution in [3.63, 3.8) is 0 Å². The van der Waals surface area contributed by atoms with Crippen molar-refractivity contribution >= 4 is 57.3 Å². The second-order valence-corrected chi connectivity index (χ2v) is 19.8. The van der Waals surface area contributed by atoms with Crippen LogP contribution in [0.5, 0.6) is 0 Å². The number of benzene rings is 8. The van der Waals surface area contributed by atoms with Crippen molar-refractivity contribution in [1.82, 2.24) is 0 Å². The van der Waals surface area contributed by atoms with Crippen molar-refractivity contribution in [2.45, 2.75) is 70.6 Å². The fourth-order valence-corrected chi connectivity index (χ4v) is 12.2. The summed E-state index contributed by atoms with van der Waals surface area (Å²) in [7, 11) is 0. The number of hydrogen-bond acceptors (Lipinski definition) is 3. The van der Waals surface area contributed by atoms with E-state index >= 15 is 0 Å². The average molecular weight is 858 g/mol. The highest BCUT2D eigenvalue weighted by Crippen LogP contribution is 2.70. The van der Waals surface area contributed by atoms with E-state index in [1.54, 1.807) is 0 Å². The quantitative estimate of drug-likeness (QED) is 0.121. The van der Waals surface area contributed by atoms with Crippen LogP contribution in [0.4, 0.5) is 51.2 Å². The minimum absolute atomic E-state index is 0.245. The Morgan fingerprint density at radius 3 is 0.788 bits per heavy atom. The van der Waals surface area contributed by atoms with Crippen LogP contribution in [0.15, 0.2) is 201 Å². The van der Waals surface area contributed by atoms with E-state index in [0.29, 0.717) is 0 Å². The highest BCUT2D eigenvalue weighted by Gasteiger charge is 2.63. The topological polar surface area (TPSA) is 9.72 Å². The van der Waals surface area contributed by atoms with Gasteiger partial charge in [-0.3, -0.25) is 0 Å². The molecule has 4 aliphatic carbocycles. The molecule has 0 heterocycles. The first-order valence-corrected chi connectivity index (χ1v) is 23.9. The van der Waals surface area contributed by atoms with Crippen molar-refractivity contribution in [2.75, 3.05) is 14.7 Å². The molecule has 0 spiro atoms. The smallest absolute Gasteiger partial charge is 0.0463 e. The van der Waals surface area contributed by atoms with Gasteiger partial charge in [-0.25, -0.2) is 0 Å². The lowest BCUT2D eigenvalue weighted by atomic mass is 9.57. The zero-order chi connectivity index (χ0) is 45.0. The molecule has 0 amide bonds. The van der Waals surface area contributed by atoms with Gasteiger partial charge in [0.1, 0.15) is 0 Å². The zero-order valence-corrected chi connectivity index (χ0v) is 38.8. The van der Waals surface area contributed by atoms with Crippen LogP contribution in [-0.2, 0) is 10.8 Å². The van der Waals surface area contributed by atoms with Gasteiger partial charge >= 0.3 is 0 Å². The van der Waals surface area contributed by atoms with Gasteiger partial charge in [0.15, 0.2) is 0 Å². The fourth-order valence-electron chi connectivity index (χ4n) is 12.2. The van der Waals surface area contributed by atoms with Crippen molar-refractivity contribution in [2.24, 2.45) is 11.8 Å². The Morgan fingerprint density at radius 2 is 0.545 bits per heavy atom. The summed E-state index contributed by atoms with van der Waals surface area (Å²) >= 11 is 0. The molecule has 2 unspecified atom stereocenters. The van der Waals surface area contributed by atoms with Gasteiger partial charge in [-0.15, -0.1) is 0 Å². The highest BCUT2D eigenvalue weighted by atomic mass is 15.2. The van der Waals surface area contributed by atoms with Gasteiger partial charge in [0, 0.05) is 51.2 Å². The molecular weight excluding hydrogens is 799 g/mol. The van der Waals surface area contributed by atoms with E-state index in [2.05, 4.69) is 243 Å². The van der Waals surface area contributed by atoms with E-state index in [1.807, 2.05) is 6.08 Å². The Morgan fingerprint density at radius 1 is 0.333 bits per heavy atom. The van der Waals surface area contributed by atoms with Crippen LogP contribution in [0.3, 0.4) is 0 Å². The Balaban J connectivity index is 0.919. The maximum atomic E-state index is 4.00. The largest absolute Gasteiger partial charge is 0.311 e. The van der Waals surface area contributed by atoms with Crippen molar-refractivity contribution < 1.29 is 0 Å². The summed E-state index contributed by atoms with van der Waals surface area (Å²) in [5, 5.41) is 0. The summed E-state index contributed by atoms with van der Waals surface area (Å²) in [6.45, 7) is 12.6. The summed E-state index contributed by atoms with van der Waals surface area (Å²) in [5.41, 5.74) is 19.9. The van der Waals surface area contributed by atoms with E-state index < -0.39 is 0 Å². The molecule has 0 radical (unpaired) electrons. The average Bonchev–Trinajstić information content (AvgIpc) is 3.76. The molecule has 3 nitrogen and oxygen atoms in total. The van der Waals surface area contributed by atoms with E-state index in [9.17, 15) is 0 Å². The lowest BCUT2D eigenvalue weighted by Crippen LogP contribution is -2.41. The Labute approximate surface area is 392 Å². The highest BCUT2D eigenvalue weighted by molar-refractivity contribution is 5.83. The molecule has 8 aromatic rings. The normalized spacial score (nSPS) is 20.3. The summed E-state index contributed by atoms with van der Waals surface area (Å²) in [4.78, 5) is 7.12. The first kappa shape index (κ1) is 41.6. The van der Waals surface area contributed by atoms with Crippen LogP contribution >= 0.6 is 0 Å². The third-order valence-electron chi connectivity index (χ3n) is 15.4. The van der Waals surface area contributed by atoms with Gasteiger partial charge in [-0.05, 0) is 208 Å². The second-order valence-electron chi connectivity index (χ2n) is 19.8. The molecule has 0 N–H and O–H groups in total. The standard InChI is InChI=1S/C63H59N3/c1-6-48-15-17-51(18-16-48)62-39-49-41-63(43-62,42-50(49)40-62)52-19-29-57(30-20-52)65(55-25-11-46(4)12-26-55)59-33-37-61(38-34-59)66(56-27-13-47(5)14-28-56)60-35-31-58(32-36-60)64(53-21-7-44(2)8-22-53)54-23-9-45(3)10-24-54/h6-38,49-50H,1,39-43H2,2-5H3. The molecule has 4 saturated carbocycles. The van der Waals surface area contributed by atoms with Gasteiger partial charge < -0.3 is 14.7 Å². The van der Waals surface area contributed by atoms with Crippen LogP contribution in [0, 0.1) is 39.5 Å². The van der Waals surface area contributed by atoms with Crippen molar-refractivity contribution in [3.8, 4) is 0 Å². The third-order valence-corrected chi connectivity index (χ3v) is 15.4. The molecule has 2 atom stereocenters.